The molecular formula is C10H12BrNO2S. The Hall–Kier alpha value is -0.520. The molecule has 0 fully saturated rings. The Bertz CT molecular complexity index is 368. The highest BCUT2D eigenvalue weighted by Gasteiger charge is 2.09. The maximum atomic E-state index is 11.2. The van der Waals surface area contributed by atoms with Crippen LogP contribution in [0.15, 0.2) is 18.2 Å². The molecule has 0 amide bonds. The van der Waals surface area contributed by atoms with Gasteiger partial charge < -0.3 is 9.56 Å². The van der Waals surface area contributed by atoms with Crippen LogP contribution < -0.4 is 5.73 Å². The molecule has 1 rings (SSSR count). The molecule has 0 heterocycles. The number of rotatable bonds is 3. The van der Waals surface area contributed by atoms with Crippen LogP contribution in [0.2, 0.25) is 0 Å². The summed E-state index contributed by atoms with van der Waals surface area (Å²) in [6.45, 7) is 1.93. The zero-order chi connectivity index (χ0) is 11.4. The van der Waals surface area contributed by atoms with E-state index in [4.69, 9.17) is 5.73 Å². The highest BCUT2D eigenvalue weighted by molar-refractivity contribution is 9.06. The summed E-state index contributed by atoms with van der Waals surface area (Å²) in [5.41, 5.74) is 8.19. The molecule has 0 aliphatic rings. The van der Waals surface area contributed by atoms with Crippen molar-refractivity contribution in [3.8, 4) is 0 Å². The van der Waals surface area contributed by atoms with Gasteiger partial charge in [0.15, 0.2) is 16.3 Å². The normalized spacial score (nSPS) is 12.3. The molecule has 0 saturated carbocycles. The van der Waals surface area contributed by atoms with Gasteiger partial charge in [-0.2, -0.15) is 12.6 Å². The summed E-state index contributed by atoms with van der Waals surface area (Å²) >= 11 is 6.77. The molecule has 15 heavy (non-hydrogen) atoms. The number of nitrogens with two attached hydrogens (primary N) is 1. The molecule has 1 aromatic carbocycles. The van der Waals surface area contributed by atoms with Gasteiger partial charge in [-0.05, 0) is 36.6 Å². The third kappa shape index (κ3) is 3.52. The Morgan fingerprint density at radius 3 is 2.80 bits per heavy atom. The number of hydrogen-bond acceptors (Lipinski definition) is 4. The monoisotopic (exact) mass is 289 g/mol. The van der Waals surface area contributed by atoms with E-state index in [1.165, 1.54) is 0 Å². The summed E-state index contributed by atoms with van der Waals surface area (Å²) in [6.07, 6.45) is 0.679. The fourth-order valence-electron chi connectivity index (χ4n) is 1.32. The first kappa shape index (κ1) is 12.5. The number of aryl methyl sites for hydroxylation is 1. The zero-order valence-corrected chi connectivity index (χ0v) is 10.7. The minimum absolute atomic E-state index is 0.183. The van der Waals surface area contributed by atoms with Crippen LogP contribution in [-0.2, 0) is 10.2 Å². The third-order valence-electron chi connectivity index (χ3n) is 2.08. The first-order valence-electron chi connectivity index (χ1n) is 4.40. The topological polar surface area (TPSA) is 52.3 Å². The predicted molar refractivity (Wildman–Crippen MR) is 66.2 cm³/mol. The molecule has 0 saturated heterocycles. The molecule has 3 nitrogen and oxygen atoms in total. The minimum Gasteiger partial charge on any atom is -0.380 e. The number of halogens is 1. The van der Waals surface area contributed by atoms with Crippen molar-refractivity contribution in [2.75, 3.05) is 0 Å². The number of carbonyl (C=O) groups is 1. The molecule has 0 aliphatic carbocycles. The van der Waals surface area contributed by atoms with Crippen LogP contribution in [0, 0.1) is 6.92 Å². The fraction of sp³-hybridized carbons (Fsp3) is 0.300. The highest BCUT2D eigenvalue weighted by atomic mass is 79.9. The fourth-order valence-corrected chi connectivity index (χ4v) is 1.71. The van der Waals surface area contributed by atoms with Gasteiger partial charge in [0.25, 0.3) is 0 Å². The van der Waals surface area contributed by atoms with Gasteiger partial charge in [0.1, 0.15) is 0 Å². The molecule has 5 heteroatoms. The van der Waals surface area contributed by atoms with Gasteiger partial charge >= 0.3 is 5.97 Å². The van der Waals surface area contributed by atoms with Crippen LogP contribution in [0.25, 0.3) is 0 Å². The van der Waals surface area contributed by atoms with E-state index in [1.54, 1.807) is 12.1 Å². The predicted octanol–water partition coefficient (Wildman–Crippen LogP) is 2.22. The van der Waals surface area contributed by atoms with Crippen molar-refractivity contribution in [3.05, 3.63) is 34.9 Å². The molecule has 0 aliphatic heterocycles. The SMILES string of the molecule is Cc1cc(C(=O)OBr)ccc1CC(N)S. The lowest BCUT2D eigenvalue weighted by atomic mass is 10.0. The Morgan fingerprint density at radius 2 is 2.33 bits per heavy atom. The van der Waals surface area contributed by atoms with Gasteiger partial charge in [-0.3, -0.25) is 0 Å². The Labute approximate surface area is 103 Å². The quantitative estimate of drug-likeness (QED) is 0.663. The highest BCUT2D eigenvalue weighted by Crippen LogP contribution is 2.15. The van der Waals surface area contributed by atoms with Gasteiger partial charge in [0, 0.05) is 0 Å². The molecule has 1 unspecified atom stereocenters. The standard InChI is InChI=1S/C10H12BrNO2S/c1-6-4-8(10(13)14-11)3-2-7(6)5-9(12)15/h2-4,9,15H,5,12H2,1H3. The smallest absolute Gasteiger partial charge is 0.349 e. The minimum atomic E-state index is -0.403. The van der Waals surface area contributed by atoms with Crippen LogP contribution in [0.4, 0.5) is 0 Å². The van der Waals surface area contributed by atoms with E-state index >= 15 is 0 Å². The van der Waals surface area contributed by atoms with E-state index < -0.39 is 5.97 Å². The zero-order valence-electron chi connectivity index (χ0n) is 8.24. The van der Waals surface area contributed by atoms with Crippen molar-refractivity contribution in [1.29, 1.82) is 0 Å². The lowest BCUT2D eigenvalue weighted by molar-refractivity contribution is 0.0782. The van der Waals surface area contributed by atoms with Crippen molar-refractivity contribution in [3.63, 3.8) is 0 Å². The van der Waals surface area contributed by atoms with Gasteiger partial charge in [-0.25, -0.2) is 4.79 Å². The van der Waals surface area contributed by atoms with Gasteiger partial charge in [0.2, 0.25) is 0 Å². The van der Waals surface area contributed by atoms with E-state index in [-0.39, 0.29) is 5.37 Å². The van der Waals surface area contributed by atoms with Crippen LogP contribution in [0.5, 0.6) is 0 Å². The molecule has 1 atom stereocenters. The Kier molecular flexibility index (Phi) is 4.63. The van der Waals surface area contributed by atoms with Crippen LogP contribution in [0.3, 0.4) is 0 Å². The van der Waals surface area contributed by atoms with E-state index in [9.17, 15) is 4.79 Å². The summed E-state index contributed by atoms with van der Waals surface area (Å²) in [7, 11) is 0. The molecule has 0 bridgehead atoms. The van der Waals surface area contributed by atoms with Crippen molar-refractivity contribution in [2.45, 2.75) is 18.7 Å². The van der Waals surface area contributed by atoms with Crippen molar-refractivity contribution in [2.24, 2.45) is 5.73 Å². The van der Waals surface area contributed by atoms with Crippen molar-refractivity contribution >= 4 is 34.9 Å². The molecule has 0 aromatic heterocycles. The number of benzene rings is 1. The first-order chi connectivity index (χ1) is 7.04. The Morgan fingerprint density at radius 1 is 1.67 bits per heavy atom. The molecular weight excluding hydrogens is 278 g/mol. The molecule has 1 aromatic rings. The summed E-state index contributed by atoms with van der Waals surface area (Å²) in [5.74, 6) is -0.403. The van der Waals surface area contributed by atoms with Crippen molar-refractivity contribution in [1.82, 2.24) is 0 Å². The number of thiol groups is 1. The maximum absolute atomic E-state index is 11.2. The van der Waals surface area contributed by atoms with Gasteiger partial charge in [-0.15, -0.1) is 0 Å². The van der Waals surface area contributed by atoms with Crippen LogP contribution >= 0.6 is 28.9 Å². The van der Waals surface area contributed by atoms with E-state index in [2.05, 4.69) is 32.7 Å². The summed E-state index contributed by atoms with van der Waals surface area (Å²) in [4.78, 5) is 11.2. The van der Waals surface area contributed by atoms with Crippen molar-refractivity contribution < 1.29 is 8.62 Å². The van der Waals surface area contributed by atoms with E-state index in [0.717, 1.165) is 11.1 Å². The number of hydrogen-bond donors (Lipinski definition) is 2. The number of carbonyl (C=O) groups excluding carboxylic acids is 1. The van der Waals surface area contributed by atoms with E-state index in [1.807, 2.05) is 13.0 Å². The summed E-state index contributed by atoms with van der Waals surface area (Å²) in [5, 5.41) is -0.183. The summed E-state index contributed by atoms with van der Waals surface area (Å²) in [6, 6.07) is 5.35. The van der Waals surface area contributed by atoms with Crippen LogP contribution in [0.1, 0.15) is 21.5 Å². The average molecular weight is 290 g/mol. The second-order valence-corrected chi connectivity index (χ2v) is 4.26. The summed E-state index contributed by atoms with van der Waals surface area (Å²) < 4.78 is 4.45. The van der Waals surface area contributed by atoms with Gasteiger partial charge in [0.05, 0.1) is 10.9 Å². The average Bonchev–Trinajstić information content (AvgIpc) is 2.19. The second-order valence-electron chi connectivity index (χ2n) is 3.28. The van der Waals surface area contributed by atoms with Gasteiger partial charge in [-0.1, -0.05) is 6.07 Å². The lowest BCUT2D eigenvalue weighted by Crippen LogP contribution is -2.15. The molecule has 0 spiro atoms. The largest absolute Gasteiger partial charge is 0.380 e. The molecule has 82 valence electrons. The molecule has 0 radical (unpaired) electrons. The first-order valence-corrected chi connectivity index (χ1v) is 5.57. The van der Waals surface area contributed by atoms with E-state index in [0.29, 0.717) is 12.0 Å². The Balaban J connectivity index is 2.93. The third-order valence-corrected chi connectivity index (χ3v) is 2.55. The second kappa shape index (κ2) is 5.53. The van der Waals surface area contributed by atoms with Crippen LogP contribution in [-0.4, -0.2) is 11.3 Å². The lowest BCUT2D eigenvalue weighted by Gasteiger charge is -2.09. The maximum Gasteiger partial charge on any atom is 0.349 e. The molecule has 2 N–H and O–H groups in total.